The lowest BCUT2D eigenvalue weighted by atomic mass is 9.65. The summed E-state index contributed by atoms with van der Waals surface area (Å²) >= 11 is 0. The van der Waals surface area contributed by atoms with Gasteiger partial charge in [0, 0.05) is 23.5 Å². The number of aromatic hydroxyl groups is 1. The Hall–Kier alpha value is -5.06. The van der Waals surface area contributed by atoms with E-state index in [4.69, 9.17) is 33.2 Å². The minimum Gasteiger partial charge on any atom is -0.502 e. The molecule has 6 rings (SSSR count). The number of carbonyl (C=O) groups excluding carboxylic acids is 2. The predicted octanol–water partition coefficient (Wildman–Crippen LogP) is 3.96. The Morgan fingerprint density at radius 3 is 2.23 bits per heavy atom. The van der Waals surface area contributed by atoms with Crippen LogP contribution in [0.15, 0.2) is 48.5 Å². The molecule has 0 radical (unpaired) electrons. The summed E-state index contributed by atoms with van der Waals surface area (Å²) in [7, 11) is 5.96. The second-order valence-corrected chi connectivity index (χ2v) is 10.3. The largest absolute Gasteiger partial charge is 0.502 e. The van der Waals surface area contributed by atoms with Gasteiger partial charge in [-0.25, -0.2) is 0 Å². The van der Waals surface area contributed by atoms with Crippen molar-refractivity contribution < 1.29 is 47.9 Å². The Bertz CT molecular complexity index is 1590. The van der Waals surface area contributed by atoms with Crippen LogP contribution in [0.3, 0.4) is 0 Å². The summed E-state index contributed by atoms with van der Waals surface area (Å²) in [5.74, 6) is 0.0361. The summed E-state index contributed by atoms with van der Waals surface area (Å²) in [6.45, 7) is 0.166. The zero-order valence-corrected chi connectivity index (χ0v) is 24.0. The van der Waals surface area contributed by atoms with Crippen molar-refractivity contribution in [2.24, 2.45) is 11.8 Å². The van der Waals surface area contributed by atoms with E-state index in [1.54, 1.807) is 37.5 Å². The van der Waals surface area contributed by atoms with Gasteiger partial charge in [-0.05, 0) is 53.1 Å². The number of para-hydroxylation sites is 1. The van der Waals surface area contributed by atoms with Gasteiger partial charge in [0.05, 0.1) is 47.0 Å². The van der Waals surface area contributed by atoms with E-state index in [1.165, 1.54) is 27.4 Å². The number of carbonyl (C=O) groups is 2. The highest BCUT2D eigenvalue weighted by Crippen LogP contribution is 2.55. The molecule has 4 atom stereocenters. The zero-order valence-electron chi connectivity index (χ0n) is 24.0. The zero-order chi connectivity index (χ0) is 30.2. The SMILES string of the molecule is COc1cc([C@@H]2c3cc4c(cc3[C@@H](NC(=O)/C=C/c3cccc(OC)c3OC)[C@H]3COC(=O)[C@H]23)OCO4)cc(OC)c1O. The third-order valence-electron chi connectivity index (χ3n) is 8.19. The highest BCUT2D eigenvalue weighted by Gasteiger charge is 2.53. The number of phenolic OH excluding ortho intramolecular Hbond substituents is 1. The van der Waals surface area contributed by atoms with Crippen molar-refractivity contribution in [2.45, 2.75) is 12.0 Å². The van der Waals surface area contributed by atoms with Gasteiger partial charge in [0.1, 0.15) is 0 Å². The van der Waals surface area contributed by atoms with Gasteiger partial charge in [-0.1, -0.05) is 12.1 Å². The molecule has 2 aliphatic heterocycles. The maximum atomic E-state index is 13.4. The molecule has 1 saturated heterocycles. The lowest BCUT2D eigenvalue weighted by Gasteiger charge is -2.39. The van der Waals surface area contributed by atoms with Crippen LogP contribution in [0.5, 0.6) is 40.2 Å². The van der Waals surface area contributed by atoms with E-state index in [0.717, 1.165) is 11.1 Å². The summed E-state index contributed by atoms with van der Waals surface area (Å²) < 4.78 is 38.7. The first kappa shape index (κ1) is 28.1. The third-order valence-corrected chi connectivity index (χ3v) is 8.19. The maximum Gasteiger partial charge on any atom is 0.310 e. The summed E-state index contributed by atoms with van der Waals surface area (Å²) in [5, 5.41) is 13.7. The summed E-state index contributed by atoms with van der Waals surface area (Å²) in [5.41, 5.74) is 2.86. The van der Waals surface area contributed by atoms with Crippen LogP contribution in [0.4, 0.5) is 0 Å². The van der Waals surface area contributed by atoms with Crippen LogP contribution in [0.1, 0.15) is 34.2 Å². The summed E-state index contributed by atoms with van der Waals surface area (Å²) in [4.78, 5) is 26.7. The third kappa shape index (κ3) is 4.80. The average Bonchev–Trinajstić information content (AvgIpc) is 3.65. The van der Waals surface area contributed by atoms with Crippen LogP contribution in [-0.4, -0.2) is 58.8 Å². The van der Waals surface area contributed by atoms with E-state index in [-0.39, 0.29) is 42.5 Å². The molecule has 43 heavy (non-hydrogen) atoms. The number of methoxy groups -OCH3 is 4. The van der Waals surface area contributed by atoms with Crippen molar-refractivity contribution in [3.8, 4) is 40.2 Å². The first-order valence-electron chi connectivity index (χ1n) is 13.6. The molecule has 0 unspecified atom stereocenters. The van der Waals surface area contributed by atoms with E-state index in [2.05, 4.69) is 5.32 Å². The summed E-state index contributed by atoms with van der Waals surface area (Å²) in [6.07, 6.45) is 3.06. The van der Waals surface area contributed by atoms with E-state index < -0.39 is 23.8 Å². The van der Waals surface area contributed by atoms with Gasteiger partial charge in [-0.2, -0.15) is 0 Å². The smallest absolute Gasteiger partial charge is 0.310 e. The van der Waals surface area contributed by atoms with Crippen molar-refractivity contribution in [3.63, 3.8) is 0 Å². The number of rotatable bonds is 8. The molecule has 0 spiro atoms. The second kappa shape index (κ2) is 11.3. The first-order chi connectivity index (χ1) is 20.9. The molecular formula is C32H31NO10. The second-order valence-electron chi connectivity index (χ2n) is 10.3. The maximum absolute atomic E-state index is 13.4. The van der Waals surface area contributed by atoms with Crippen molar-refractivity contribution in [1.82, 2.24) is 5.32 Å². The molecule has 3 aromatic carbocycles. The minimum atomic E-state index is -0.653. The lowest BCUT2D eigenvalue weighted by molar-refractivity contribution is -0.141. The van der Waals surface area contributed by atoms with E-state index in [0.29, 0.717) is 34.1 Å². The number of hydrogen-bond donors (Lipinski definition) is 2. The minimum absolute atomic E-state index is 0.0563. The monoisotopic (exact) mass is 589 g/mol. The molecule has 0 saturated carbocycles. The number of nitrogens with one attached hydrogen (secondary N) is 1. The molecular weight excluding hydrogens is 558 g/mol. The Morgan fingerprint density at radius 1 is 0.907 bits per heavy atom. The van der Waals surface area contributed by atoms with E-state index in [9.17, 15) is 14.7 Å². The number of cyclic esters (lactones) is 1. The molecule has 1 amide bonds. The van der Waals surface area contributed by atoms with Crippen LogP contribution >= 0.6 is 0 Å². The van der Waals surface area contributed by atoms with Crippen LogP contribution in [-0.2, 0) is 14.3 Å². The number of fused-ring (bicyclic) bond motifs is 3. The molecule has 2 N–H and O–H groups in total. The number of phenols is 1. The molecule has 1 fully saturated rings. The predicted molar refractivity (Wildman–Crippen MR) is 153 cm³/mol. The van der Waals surface area contributed by atoms with E-state index in [1.807, 2.05) is 18.2 Å². The van der Waals surface area contributed by atoms with E-state index >= 15 is 0 Å². The number of ether oxygens (including phenoxy) is 7. The fraction of sp³-hybridized carbons (Fsp3) is 0.312. The van der Waals surface area contributed by atoms with Crippen LogP contribution in [0, 0.1) is 11.8 Å². The molecule has 0 aromatic heterocycles. The van der Waals surface area contributed by atoms with Gasteiger partial charge in [-0.15, -0.1) is 0 Å². The lowest BCUT2D eigenvalue weighted by Crippen LogP contribution is -2.42. The quantitative estimate of drug-likeness (QED) is 0.294. The standard InChI is InChI=1S/C32H31NO10/c1-37-21-7-5-6-16(31(21)40-4)8-9-26(34)33-29-19-13-23-22(42-15-43-23)12-18(19)27(28-20(29)14-41-32(28)36)17-10-24(38-2)30(35)25(11-17)39-3/h5-13,20,27-29,35H,14-15H2,1-4H3,(H,33,34)/b9-8+/t20-,27+,28-,29+/m0/s1. The average molecular weight is 590 g/mol. The van der Waals surface area contributed by atoms with Gasteiger partial charge < -0.3 is 43.6 Å². The molecule has 3 aromatic rings. The molecule has 11 heteroatoms. The molecule has 224 valence electrons. The molecule has 1 aliphatic carbocycles. The highest BCUT2D eigenvalue weighted by atomic mass is 16.7. The Labute approximate surface area is 247 Å². The molecule has 3 aliphatic rings. The fourth-order valence-electron chi connectivity index (χ4n) is 6.25. The Balaban J connectivity index is 1.42. The molecule has 11 nitrogen and oxygen atoms in total. The van der Waals surface area contributed by atoms with Gasteiger partial charge in [0.15, 0.2) is 34.5 Å². The number of hydrogen-bond acceptors (Lipinski definition) is 10. The first-order valence-corrected chi connectivity index (χ1v) is 13.6. The molecule has 0 bridgehead atoms. The van der Waals surface area contributed by atoms with Gasteiger partial charge >= 0.3 is 5.97 Å². The normalized spacial score (nSPS) is 21.5. The summed E-state index contributed by atoms with van der Waals surface area (Å²) in [6, 6.07) is 11.9. The fourth-order valence-corrected chi connectivity index (χ4v) is 6.25. The van der Waals surface area contributed by atoms with Crippen molar-refractivity contribution in [3.05, 3.63) is 70.8 Å². The Morgan fingerprint density at radius 2 is 1.58 bits per heavy atom. The van der Waals surface area contributed by atoms with Crippen molar-refractivity contribution in [2.75, 3.05) is 41.8 Å². The van der Waals surface area contributed by atoms with Crippen molar-refractivity contribution in [1.29, 1.82) is 0 Å². The van der Waals surface area contributed by atoms with Crippen molar-refractivity contribution >= 4 is 18.0 Å². The Kier molecular flexibility index (Phi) is 7.39. The van der Waals surface area contributed by atoms with Crippen LogP contribution < -0.4 is 33.7 Å². The van der Waals surface area contributed by atoms with Gasteiger partial charge in [-0.3, -0.25) is 9.59 Å². The van der Waals surface area contributed by atoms with Gasteiger partial charge in [0.2, 0.25) is 18.4 Å². The number of esters is 1. The van der Waals surface area contributed by atoms with Crippen LogP contribution in [0.2, 0.25) is 0 Å². The number of amides is 1. The molecule has 2 heterocycles. The van der Waals surface area contributed by atoms with Crippen LogP contribution in [0.25, 0.3) is 6.08 Å². The topological polar surface area (TPSA) is 131 Å². The van der Waals surface area contributed by atoms with Gasteiger partial charge in [0.25, 0.3) is 0 Å². The number of benzene rings is 3. The highest BCUT2D eigenvalue weighted by molar-refractivity contribution is 5.93.